The van der Waals surface area contributed by atoms with Crippen LogP contribution in [0.1, 0.15) is 6.92 Å². The lowest BCUT2D eigenvalue weighted by atomic mass is 10.2. The molecule has 1 heterocycles. The van der Waals surface area contributed by atoms with Gasteiger partial charge in [0, 0.05) is 0 Å². The van der Waals surface area contributed by atoms with Gasteiger partial charge in [0.05, 0.1) is 11.4 Å². The third-order valence-electron chi connectivity index (χ3n) is 2.40. The molecule has 0 saturated carbocycles. The Morgan fingerprint density at radius 3 is 2.76 bits per heavy atom. The second-order valence-electron chi connectivity index (χ2n) is 3.57. The van der Waals surface area contributed by atoms with Crippen molar-refractivity contribution in [3.63, 3.8) is 0 Å². The van der Waals surface area contributed by atoms with E-state index in [0.29, 0.717) is 11.4 Å². The fourth-order valence-electron chi connectivity index (χ4n) is 1.60. The van der Waals surface area contributed by atoms with Gasteiger partial charge in [-0.05, 0) is 25.1 Å². The highest BCUT2D eigenvalue weighted by Gasteiger charge is 2.36. The number of nitrogens with one attached hydrogen (secondary N) is 1. The van der Waals surface area contributed by atoms with Gasteiger partial charge in [-0.15, -0.1) is 0 Å². The number of rotatable bonds is 2. The third-order valence-corrected chi connectivity index (χ3v) is 2.40. The van der Waals surface area contributed by atoms with Gasteiger partial charge in [-0.3, -0.25) is 4.79 Å². The standard InChI is InChI=1S/C11H9N3O3/c1-7-10(16)14(11(17)13-7)9-4-2-3-8(5-9)12-6-15/h2-5,7H,1H3,(H,13,17). The van der Waals surface area contributed by atoms with Crippen LogP contribution in [0.25, 0.3) is 0 Å². The molecule has 1 N–H and O–H groups in total. The Balaban J connectivity index is 2.40. The number of aliphatic imine (C=N–C) groups is 1. The summed E-state index contributed by atoms with van der Waals surface area (Å²) in [6.45, 7) is 1.60. The minimum atomic E-state index is -0.541. The van der Waals surface area contributed by atoms with Gasteiger partial charge in [0.25, 0.3) is 5.91 Å². The number of carbonyl (C=O) groups is 2. The maximum absolute atomic E-state index is 11.7. The smallest absolute Gasteiger partial charge is 0.326 e. The second kappa shape index (κ2) is 4.19. The number of imide groups is 1. The average molecular weight is 231 g/mol. The Hall–Kier alpha value is -2.46. The molecule has 1 aromatic carbocycles. The van der Waals surface area contributed by atoms with Gasteiger partial charge < -0.3 is 5.32 Å². The Morgan fingerprint density at radius 1 is 1.41 bits per heavy atom. The van der Waals surface area contributed by atoms with E-state index in [1.54, 1.807) is 25.1 Å². The molecule has 1 saturated heterocycles. The van der Waals surface area contributed by atoms with Crippen molar-refractivity contribution in [2.75, 3.05) is 4.90 Å². The Morgan fingerprint density at radius 2 is 2.18 bits per heavy atom. The predicted octanol–water partition coefficient (Wildman–Crippen LogP) is 1.10. The van der Waals surface area contributed by atoms with Crippen molar-refractivity contribution in [1.29, 1.82) is 0 Å². The number of amides is 3. The molecular weight excluding hydrogens is 222 g/mol. The first kappa shape index (κ1) is 11.0. The molecule has 0 spiro atoms. The lowest BCUT2D eigenvalue weighted by molar-refractivity contribution is -0.117. The van der Waals surface area contributed by atoms with E-state index in [2.05, 4.69) is 10.3 Å². The highest BCUT2D eigenvalue weighted by Crippen LogP contribution is 2.24. The quantitative estimate of drug-likeness (QED) is 0.470. The third kappa shape index (κ3) is 1.93. The van der Waals surface area contributed by atoms with Crippen molar-refractivity contribution in [1.82, 2.24) is 5.32 Å². The van der Waals surface area contributed by atoms with Crippen LogP contribution in [0, 0.1) is 0 Å². The highest BCUT2D eigenvalue weighted by atomic mass is 16.2. The van der Waals surface area contributed by atoms with Crippen LogP contribution in [0.4, 0.5) is 16.2 Å². The normalized spacial score (nSPS) is 18.9. The van der Waals surface area contributed by atoms with Crippen LogP contribution in [0.5, 0.6) is 0 Å². The molecule has 1 unspecified atom stereocenters. The lowest BCUT2D eigenvalue weighted by Crippen LogP contribution is -2.30. The summed E-state index contributed by atoms with van der Waals surface area (Å²) >= 11 is 0. The monoisotopic (exact) mass is 231 g/mol. The van der Waals surface area contributed by atoms with Gasteiger partial charge >= 0.3 is 6.03 Å². The molecule has 6 heteroatoms. The van der Waals surface area contributed by atoms with E-state index in [1.165, 1.54) is 12.1 Å². The van der Waals surface area contributed by atoms with Crippen molar-refractivity contribution < 1.29 is 14.4 Å². The zero-order valence-corrected chi connectivity index (χ0v) is 9.01. The largest absolute Gasteiger partial charge is 0.329 e. The highest BCUT2D eigenvalue weighted by molar-refractivity contribution is 6.21. The van der Waals surface area contributed by atoms with Crippen LogP contribution in [0.3, 0.4) is 0 Å². The van der Waals surface area contributed by atoms with E-state index < -0.39 is 12.1 Å². The number of benzene rings is 1. The Bertz CT molecular complexity index is 535. The molecule has 1 aromatic rings. The van der Waals surface area contributed by atoms with Gasteiger partial charge in [-0.2, -0.15) is 4.99 Å². The molecule has 1 atom stereocenters. The molecule has 0 aliphatic carbocycles. The van der Waals surface area contributed by atoms with Gasteiger partial charge in [0.1, 0.15) is 6.04 Å². The van der Waals surface area contributed by atoms with Gasteiger partial charge in [0.15, 0.2) is 0 Å². The second-order valence-corrected chi connectivity index (χ2v) is 3.57. The van der Waals surface area contributed by atoms with Crippen molar-refractivity contribution in [3.05, 3.63) is 24.3 Å². The van der Waals surface area contributed by atoms with E-state index in [4.69, 9.17) is 0 Å². The topological polar surface area (TPSA) is 78.8 Å². The summed E-state index contributed by atoms with van der Waals surface area (Å²) in [6, 6.07) is 5.24. The zero-order valence-electron chi connectivity index (χ0n) is 9.01. The number of urea groups is 1. The molecule has 3 amide bonds. The zero-order chi connectivity index (χ0) is 12.4. The van der Waals surface area contributed by atoms with Crippen LogP contribution < -0.4 is 10.2 Å². The van der Waals surface area contributed by atoms with Crippen LogP contribution in [-0.4, -0.2) is 24.1 Å². The Kier molecular flexibility index (Phi) is 2.72. The van der Waals surface area contributed by atoms with E-state index in [-0.39, 0.29) is 5.91 Å². The summed E-state index contributed by atoms with van der Waals surface area (Å²) in [5.74, 6) is -0.331. The summed E-state index contributed by atoms with van der Waals surface area (Å²) in [5, 5.41) is 2.50. The summed E-state index contributed by atoms with van der Waals surface area (Å²) in [4.78, 5) is 37.9. The van der Waals surface area contributed by atoms with Crippen LogP contribution in [-0.2, 0) is 9.59 Å². The van der Waals surface area contributed by atoms with Crippen LogP contribution >= 0.6 is 0 Å². The van der Waals surface area contributed by atoms with Crippen molar-refractivity contribution >= 4 is 29.4 Å². The molecule has 0 aromatic heterocycles. The van der Waals surface area contributed by atoms with Crippen molar-refractivity contribution in [3.8, 4) is 0 Å². The molecule has 1 aliphatic rings. The minimum absolute atomic E-state index is 0.331. The number of hydrogen-bond donors (Lipinski definition) is 1. The number of carbonyl (C=O) groups excluding carboxylic acids is 3. The maximum Gasteiger partial charge on any atom is 0.329 e. The summed E-state index contributed by atoms with van der Waals surface area (Å²) in [5.41, 5.74) is 0.728. The first-order valence-electron chi connectivity index (χ1n) is 4.96. The summed E-state index contributed by atoms with van der Waals surface area (Å²) < 4.78 is 0. The fourth-order valence-corrected chi connectivity index (χ4v) is 1.60. The minimum Gasteiger partial charge on any atom is -0.326 e. The number of hydrogen-bond acceptors (Lipinski definition) is 4. The van der Waals surface area contributed by atoms with E-state index in [0.717, 1.165) is 4.90 Å². The van der Waals surface area contributed by atoms with E-state index in [1.807, 2.05) is 0 Å². The maximum atomic E-state index is 11.7. The van der Waals surface area contributed by atoms with Crippen LogP contribution in [0.2, 0.25) is 0 Å². The van der Waals surface area contributed by atoms with Gasteiger partial charge in [0.2, 0.25) is 6.08 Å². The van der Waals surface area contributed by atoms with Gasteiger partial charge in [-0.1, -0.05) is 6.07 Å². The average Bonchev–Trinajstić information content (AvgIpc) is 2.54. The molecule has 0 bridgehead atoms. The molecule has 1 aliphatic heterocycles. The van der Waals surface area contributed by atoms with E-state index >= 15 is 0 Å². The van der Waals surface area contributed by atoms with Crippen molar-refractivity contribution in [2.24, 2.45) is 4.99 Å². The van der Waals surface area contributed by atoms with Gasteiger partial charge in [-0.25, -0.2) is 14.5 Å². The molecule has 17 heavy (non-hydrogen) atoms. The predicted molar refractivity (Wildman–Crippen MR) is 59.7 cm³/mol. The summed E-state index contributed by atoms with van der Waals surface area (Å²) in [7, 11) is 0. The number of isocyanates is 1. The summed E-state index contributed by atoms with van der Waals surface area (Å²) in [6.07, 6.45) is 1.40. The first-order chi connectivity index (χ1) is 8.13. The number of anilines is 1. The molecule has 6 nitrogen and oxygen atoms in total. The Labute approximate surface area is 96.9 Å². The lowest BCUT2D eigenvalue weighted by Gasteiger charge is -2.12. The molecule has 86 valence electrons. The van der Waals surface area contributed by atoms with E-state index in [9.17, 15) is 14.4 Å². The molecule has 1 fully saturated rings. The van der Waals surface area contributed by atoms with Crippen molar-refractivity contribution in [2.45, 2.75) is 13.0 Å². The SMILES string of the molecule is CC1NC(=O)N(c2cccc(N=C=O)c2)C1=O. The fraction of sp³-hybridized carbons (Fsp3) is 0.182. The molecule has 0 radical (unpaired) electrons. The number of nitrogens with zero attached hydrogens (tertiary/aromatic N) is 2. The first-order valence-corrected chi connectivity index (χ1v) is 4.96. The molecular formula is C11H9N3O3. The van der Waals surface area contributed by atoms with Crippen LogP contribution in [0.15, 0.2) is 29.3 Å². The molecule has 2 rings (SSSR count).